The van der Waals surface area contributed by atoms with Gasteiger partial charge < -0.3 is 5.32 Å². The summed E-state index contributed by atoms with van der Waals surface area (Å²) in [6.07, 6.45) is 0. The van der Waals surface area contributed by atoms with Crippen molar-refractivity contribution in [1.82, 2.24) is 5.32 Å². The van der Waals surface area contributed by atoms with Gasteiger partial charge >= 0.3 is 0 Å². The molecular formula is C17H20FN. The molecule has 0 saturated carbocycles. The zero-order valence-corrected chi connectivity index (χ0v) is 11.8. The number of hydrogen-bond acceptors (Lipinski definition) is 1. The van der Waals surface area contributed by atoms with Crippen LogP contribution in [0.15, 0.2) is 36.4 Å². The molecule has 2 heteroatoms. The maximum atomic E-state index is 13.5. The van der Waals surface area contributed by atoms with E-state index in [0.29, 0.717) is 12.1 Å². The molecule has 0 aliphatic heterocycles. The summed E-state index contributed by atoms with van der Waals surface area (Å²) in [5.41, 5.74) is 5.89. The van der Waals surface area contributed by atoms with Gasteiger partial charge in [0, 0.05) is 18.7 Å². The third kappa shape index (κ3) is 3.42. The fraction of sp³-hybridized carbons (Fsp3) is 0.294. The normalized spacial score (nSPS) is 10.7. The van der Waals surface area contributed by atoms with Crippen molar-refractivity contribution in [3.8, 4) is 0 Å². The average Bonchev–Trinajstić information content (AvgIpc) is 2.38. The molecule has 1 N–H and O–H groups in total. The van der Waals surface area contributed by atoms with Gasteiger partial charge in [-0.1, -0.05) is 30.3 Å². The summed E-state index contributed by atoms with van der Waals surface area (Å²) in [6.45, 7) is 7.68. The highest BCUT2D eigenvalue weighted by atomic mass is 19.1. The summed E-state index contributed by atoms with van der Waals surface area (Å²) in [5.74, 6) is -0.146. The SMILES string of the molecule is Cc1cc(C)c(CNCc2ccccc2F)cc1C. The number of benzene rings is 2. The maximum absolute atomic E-state index is 13.5. The Bertz CT molecular complexity index is 575. The average molecular weight is 257 g/mol. The van der Waals surface area contributed by atoms with Crippen LogP contribution in [0.3, 0.4) is 0 Å². The van der Waals surface area contributed by atoms with Crippen LogP contribution in [0.5, 0.6) is 0 Å². The lowest BCUT2D eigenvalue weighted by Crippen LogP contribution is -2.14. The van der Waals surface area contributed by atoms with Gasteiger partial charge in [0.05, 0.1) is 0 Å². The molecule has 0 amide bonds. The number of rotatable bonds is 4. The van der Waals surface area contributed by atoms with E-state index in [0.717, 1.165) is 6.54 Å². The molecule has 0 aliphatic carbocycles. The largest absolute Gasteiger partial charge is 0.309 e. The molecule has 2 rings (SSSR count). The lowest BCUT2D eigenvalue weighted by molar-refractivity contribution is 0.587. The highest BCUT2D eigenvalue weighted by Gasteiger charge is 2.03. The van der Waals surface area contributed by atoms with Gasteiger partial charge in [0.25, 0.3) is 0 Å². The third-order valence-electron chi connectivity index (χ3n) is 3.54. The lowest BCUT2D eigenvalue weighted by atomic mass is 10.0. The van der Waals surface area contributed by atoms with E-state index in [1.165, 1.54) is 28.3 Å². The van der Waals surface area contributed by atoms with Gasteiger partial charge in [-0.15, -0.1) is 0 Å². The van der Waals surface area contributed by atoms with E-state index in [2.05, 4.69) is 38.2 Å². The highest BCUT2D eigenvalue weighted by Crippen LogP contribution is 2.15. The van der Waals surface area contributed by atoms with Crippen molar-refractivity contribution in [3.05, 3.63) is 70.0 Å². The van der Waals surface area contributed by atoms with Crippen LogP contribution in [0.25, 0.3) is 0 Å². The van der Waals surface area contributed by atoms with Crippen molar-refractivity contribution >= 4 is 0 Å². The van der Waals surface area contributed by atoms with Crippen LogP contribution in [0.1, 0.15) is 27.8 Å². The molecule has 0 atom stereocenters. The van der Waals surface area contributed by atoms with Gasteiger partial charge in [-0.2, -0.15) is 0 Å². The lowest BCUT2D eigenvalue weighted by Gasteiger charge is -2.11. The number of halogens is 1. The maximum Gasteiger partial charge on any atom is 0.127 e. The molecule has 0 fully saturated rings. The minimum Gasteiger partial charge on any atom is -0.309 e. The van der Waals surface area contributed by atoms with Gasteiger partial charge in [0.2, 0.25) is 0 Å². The second kappa shape index (κ2) is 5.98. The van der Waals surface area contributed by atoms with Gasteiger partial charge in [0.1, 0.15) is 5.82 Å². The molecule has 0 spiro atoms. The molecule has 0 bridgehead atoms. The van der Waals surface area contributed by atoms with Crippen LogP contribution in [-0.4, -0.2) is 0 Å². The number of hydrogen-bond donors (Lipinski definition) is 1. The van der Waals surface area contributed by atoms with E-state index in [-0.39, 0.29) is 5.82 Å². The predicted octanol–water partition coefficient (Wildman–Crippen LogP) is 4.04. The van der Waals surface area contributed by atoms with E-state index < -0.39 is 0 Å². The second-order valence-corrected chi connectivity index (χ2v) is 5.06. The van der Waals surface area contributed by atoms with Gasteiger partial charge in [-0.05, 0) is 49.1 Å². The van der Waals surface area contributed by atoms with Crippen LogP contribution >= 0.6 is 0 Å². The summed E-state index contributed by atoms with van der Waals surface area (Å²) in [4.78, 5) is 0. The molecule has 0 heterocycles. The van der Waals surface area contributed by atoms with Crippen LogP contribution in [0.4, 0.5) is 4.39 Å². The summed E-state index contributed by atoms with van der Waals surface area (Å²) in [7, 11) is 0. The van der Waals surface area contributed by atoms with Crippen LogP contribution in [0.2, 0.25) is 0 Å². The fourth-order valence-corrected chi connectivity index (χ4v) is 2.18. The van der Waals surface area contributed by atoms with E-state index in [4.69, 9.17) is 0 Å². The zero-order chi connectivity index (χ0) is 13.8. The molecule has 0 unspecified atom stereocenters. The first-order valence-corrected chi connectivity index (χ1v) is 6.59. The molecule has 2 aromatic carbocycles. The molecule has 100 valence electrons. The van der Waals surface area contributed by atoms with Crippen molar-refractivity contribution in [2.45, 2.75) is 33.9 Å². The zero-order valence-electron chi connectivity index (χ0n) is 11.8. The Morgan fingerprint density at radius 1 is 0.842 bits per heavy atom. The van der Waals surface area contributed by atoms with Crippen LogP contribution < -0.4 is 5.32 Å². The number of aryl methyl sites for hydroxylation is 3. The second-order valence-electron chi connectivity index (χ2n) is 5.06. The van der Waals surface area contributed by atoms with E-state index in [1.54, 1.807) is 6.07 Å². The summed E-state index contributed by atoms with van der Waals surface area (Å²) >= 11 is 0. The molecule has 0 aliphatic rings. The molecule has 0 saturated heterocycles. The summed E-state index contributed by atoms with van der Waals surface area (Å²) in [5, 5.41) is 3.31. The van der Waals surface area contributed by atoms with E-state index in [1.807, 2.05) is 12.1 Å². The Hall–Kier alpha value is -1.67. The van der Waals surface area contributed by atoms with Gasteiger partial charge in [0.15, 0.2) is 0 Å². The molecular weight excluding hydrogens is 237 g/mol. The van der Waals surface area contributed by atoms with Crippen molar-refractivity contribution in [1.29, 1.82) is 0 Å². The first-order chi connectivity index (χ1) is 9.08. The Labute approximate surface area is 114 Å². The Morgan fingerprint density at radius 2 is 1.47 bits per heavy atom. The minimum absolute atomic E-state index is 0.146. The van der Waals surface area contributed by atoms with Crippen molar-refractivity contribution in [2.75, 3.05) is 0 Å². The minimum atomic E-state index is -0.146. The molecule has 0 radical (unpaired) electrons. The quantitative estimate of drug-likeness (QED) is 0.871. The smallest absolute Gasteiger partial charge is 0.127 e. The molecule has 2 aromatic rings. The molecule has 0 aromatic heterocycles. The fourth-order valence-electron chi connectivity index (χ4n) is 2.18. The van der Waals surface area contributed by atoms with E-state index in [9.17, 15) is 4.39 Å². The molecule has 1 nitrogen and oxygen atoms in total. The monoisotopic (exact) mass is 257 g/mol. The van der Waals surface area contributed by atoms with Crippen molar-refractivity contribution < 1.29 is 4.39 Å². The molecule has 19 heavy (non-hydrogen) atoms. The van der Waals surface area contributed by atoms with Crippen molar-refractivity contribution in [3.63, 3.8) is 0 Å². The number of nitrogens with one attached hydrogen (secondary N) is 1. The predicted molar refractivity (Wildman–Crippen MR) is 77.6 cm³/mol. The summed E-state index contributed by atoms with van der Waals surface area (Å²) < 4.78 is 13.5. The highest BCUT2D eigenvalue weighted by molar-refractivity contribution is 5.36. The van der Waals surface area contributed by atoms with Crippen LogP contribution in [0, 0.1) is 26.6 Å². The Kier molecular flexibility index (Phi) is 4.33. The van der Waals surface area contributed by atoms with Crippen molar-refractivity contribution in [2.24, 2.45) is 0 Å². The Morgan fingerprint density at radius 3 is 2.21 bits per heavy atom. The van der Waals surface area contributed by atoms with Crippen LogP contribution in [-0.2, 0) is 13.1 Å². The van der Waals surface area contributed by atoms with Gasteiger partial charge in [-0.3, -0.25) is 0 Å². The standard InChI is InChI=1S/C17H20FN/c1-12-8-14(3)16(9-13(12)2)11-19-10-15-6-4-5-7-17(15)18/h4-9,19H,10-11H2,1-3H3. The first kappa shape index (κ1) is 13.8. The summed E-state index contributed by atoms with van der Waals surface area (Å²) in [6, 6.07) is 11.3. The third-order valence-corrected chi connectivity index (χ3v) is 3.54. The Balaban J connectivity index is 2.00. The van der Waals surface area contributed by atoms with Gasteiger partial charge in [-0.25, -0.2) is 4.39 Å². The van der Waals surface area contributed by atoms with E-state index >= 15 is 0 Å². The first-order valence-electron chi connectivity index (χ1n) is 6.59. The topological polar surface area (TPSA) is 12.0 Å².